The first-order valence-electron chi connectivity index (χ1n) is 13.8. The summed E-state index contributed by atoms with van der Waals surface area (Å²) in [5, 5.41) is 24.2. The van der Waals surface area contributed by atoms with Gasteiger partial charge in [0.2, 0.25) is 0 Å². The standard InChI is InChI=1S/C33H26F3N3O6S/c34-33(35,36)22-10-8-21(9-11-22)31(42)39(23-12-15-28(40)26(16-23)32(43)44)18-29-38-27(19-46-29)30(41)37-17-20-6-13-25(14-7-20)45-24-4-2-1-3-5-24/h1-14,16,19,28,40H,15,17-18H2,(H,37,41)(H,43,44). The van der Waals surface area contributed by atoms with Gasteiger partial charge in [-0.1, -0.05) is 36.4 Å². The van der Waals surface area contributed by atoms with E-state index in [1.807, 2.05) is 42.5 Å². The molecule has 1 heterocycles. The lowest BCUT2D eigenvalue weighted by Crippen LogP contribution is -2.32. The number of nitrogens with one attached hydrogen (secondary N) is 1. The molecular weight excluding hydrogens is 623 g/mol. The molecule has 2 amide bonds. The van der Waals surface area contributed by atoms with Gasteiger partial charge in [-0.25, -0.2) is 9.78 Å². The number of amides is 2. The van der Waals surface area contributed by atoms with E-state index in [0.717, 1.165) is 52.1 Å². The molecule has 46 heavy (non-hydrogen) atoms. The smallest absolute Gasteiger partial charge is 0.416 e. The highest BCUT2D eigenvalue weighted by molar-refractivity contribution is 7.09. The average molecular weight is 650 g/mol. The predicted molar refractivity (Wildman–Crippen MR) is 162 cm³/mol. The highest BCUT2D eigenvalue weighted by Gasteiger charge is 2.31. The van der Waals surface area contributed by atoms with Crippen LogP contribution in [0, 0.1) is 0 Å². The molecular formula is C33H26F3N3O6S. The average Bonchev–Trinajstić information content (AvgIpc) is 3.52. The largest absolute Gasteiger partial charge is 0.478 e. The number of hydrogen-bond donors (Lipinski definition) is 3. The van der Waals surface area contributed by atoms with Crippen LogP contribution in [0.5, 0.6) is 11.5 Å². The van der Waals surface area contributed by atoms with E-state index >= 15 is 0 Å². The first kappa shape index (κ1) is 32.1. The van der Waals surface area contributed by atoms with Gasteiger partial charge in [-0.3, -0.25) is 9.59 Å². The first-order valence-corrected chi connectivity index (χ1v) is 14.7. The number of nitrogens with zero attached hydrogens (tertiary/aromatic N) is 2. The first-order chi connectivity index (χ1) is 22.0. The summed E-state index contributed by atoms with van der Waals surface area (Å²) in [4.78, 5) is 43.6. The molecule has 0 aliphatic heterocycles. The Kier molecular flexibility index (Phi) is 9.64. The van der Waals surface area contributed by atoms with E-state index in [4.69, 9.17) is 4.74 Å². The number of allylic oxidation sites excluding steroid dienone is 1. The molecule has 4 aromatic rings. The molecule has 1 atom stereocenters. The monoisotopic (exact) mass is 649 g/mol. The van der Waals surface area contributed by atoms with E-state index in [1.165, 1.54) is 11.5 Å². The molecule has 9 nitrogen and oxygen atoms in total. The maximum Gasteiger partial charge on any atom is 0.416 e. The number of carboxylic acid groups (broad SMARTS) is 1. The number of carbonyl (C=O) groups is 3. The van der Waals surface area contributed by atoms with E-state index in [1.54, 1.807) is 12.1 Å². The molecule has 3 aromatic carbocycles. The minimum Gasteiger partial charge on any atom is -0.478 e. The van der Waals surface area contributed by atoms with Crippen LogP contribution in [0.1, 0.15) is 43.4 Å². The zero-order chi connectivity index (χ0) is 32.8. The number of alkyl halides is 3. The Morgan fingerprint density at radius 2 is 1.65 bits per heavy atom. The number of aromatic nitrogens is 1. The lowest BCUT2D eigenvalue weighted by molar-refractivity contribution is -0.137. The molecule has 0 spiro atoms. The van der Waals surface area contributed by atoms with Crippen molar-refractivity contribution in [2.45, 2.75) is 31.8 Å². The third-order valence-electron chi connectivity index (χ3n) is 6.91. The van der Waals surface area contributed by atoms with Gasteiger partial charge in [0, 0.05) is 23.2 Å². The quantitative estimate of drug-likeness (QED) is 0.187. The minimum absolute atomic E-state index is 0.0833. The van der Waals surface area contributed by atoms with Crippen LogP contribution in [0.3, 0.4) is 0 Å². The van der Waals surface area contributed by atoms with E-state index in [-0.39, 0.29) is 42.0 Å². The second-order valence-electron chi connectivity index (χ2n) is 10.1. The Morgan fingerprint density at radius 3 is 2.30 bits per heavy atom. The van der Waals surface area contributed by atoms with E-state index < -0.39 is 35.6 Å². The van der Waals surface area contributed by atoms with Gasteiger partial charge in [-0.2, -0.15) is 13.2 Å². The number of halogens is 3. The van der Waals surface area contributed by atoms with Crippen molar-refractivity contribution in [3.8, 4) is 11.5 Å². The van der Waals surface area contributed by atoms with Gasteiger partial charge in [-0.15, -0.1) is 11.3 Å². The van der Waals surface area contributed by atoms with E-state index in [9.17, 15) is 37.8 Å². The van der Waals surface area contributed by atoms with Crippen LogP contribution in [0.15, 0.2) is 108 Å². The summed E-state index contributed by atoms with van der Waals surface area (Å²) in [5.41, 5.74) is -0.350. The number of rotatable bonds is 10. The van der Waals surface area contributed by atoms with Gasteiger partial charge in [0.05, 0.1) is 23.8 Å². The van der Waals surface area contributed by atoms with Crippen molar-refractivity contribution < 1.29 is 42.5 Å². The van der Waals surface area contributed by atoms with Crippen molar-refractivity contribution in [3.63, 3.8) is 0 Å². The van der Waals surface area contributed by atoms with Crippen molar-refractivity contribution in [1.29, 1.82) is 0 Å². The number of carboxylic acids is 1. The summed E-state index contributed by atoms with van der Waals surface area (Å²) in [5.74, 6) is -1.25. The Balaban J connectivity index is 1.29. The summed E-state index contributed by atoms with van der Waals surface area (Å²) in [6.45, 7) is -0.0141. The summed E-state index contributed by atoms with van der Waals surface area (Å²) in [6, 6.07) is 20.1. The summed E-state index contributed by atoms with van der Waals surface area (Å²) < 4.78 is 45.0. The molecule has 0 fully saturated rings. The zero-order valence-corrected chi connectivity index (χ0v) is 24.7. The lowest BCUT2D eigenvalue weighted by atomic mass is 9.99. The van der Waals surface area contributed by atoms with E-state index in [2.05, 4.69) is 10.3 Å². The fourth-order valence-electron chi connectivity index (χ4n) is 4.50. The normalized spacial score (nSPS) is 14.6. The summed E-state index contributed by atoms with van der Waals surface area (Å²) in [6.07, 6.45) is -3.41. The van der Waals surface area contributed by atoms with Gasteiger partial charge in [0.15, 0.2) is 0 Å². The maximum absolute atomic E-state index is 13.5. The highest BCUT2D eigenvalue weighted by Crippen LogP contribution is 2.30. The number of aliphatic hydroxyl groups is 1. The number of benzene rings is 3. The van der Waals surface area contributed by atoms with Gasteiger partial charge < -0.3 is 25.2 Å². The predicted octanol–water partition coefficient (Wildman–Crippen LogP) is 6.19. The molecule has 236 valence electrons. The molecule has 3 N–H and O–H groups in total. The van der Waals surface area contributed by atoms with Crippen molar-refractivity contribution in [1.82, 2.24) is 15.2 Å². The molecule has 0 saturated heterocycles. The second kappa shape index (κ2) is 13.8. The topological polar surface area (TPSA) is 129 Å². The van der Waals surface area contributed by atoms with Gasteiger partial charge in [-0.05, 0) is 66.6 Å². The Hall–Kier alpha value is -5.27. The van der Waals surface area contributed by atoms with Crippen molar-refractivity contribution in [2.75, 3.05) is 0 Å². The van der Waals surface area contributed by atoms with Crippen molar-refractivity contribution >= 4 is 29.1 Å². The number of para-hydroxylation sites is 1. The Morgan fingerprint density at radius 1 is 0.978 bits per heavy atom. The number of ether oxygens (including phenoxy) is 1. The number of aliphatic hydroxyl groups excluding tert-OH is 1. The van der Waals surface area contributed by atoms with Crippen LogP contribution in [-0.4, -0.2) is 44.0 Å². The molecule has 0 bridgehead atoms. The van der Waals surface area contributed by atoms with Crippen LogP contribution in [0.4, 0.5) is 13.2 Å². The van der Waals surface area contributed by atoms with Crippen molar-refractivity contribution in [3.05, 3.63) is 135 Å². The van der Waals surface area contributed by atoms with Gasteiger partial charge >= 0.3 is 12.1 Å². The molecule has 1 unspecified atom stereocenters. The Labute approximate surface area is 264 Å². The molecule has 13 heteroatoms. The fourth-order valence-corrected chi connectivity index (χ4v) is 5.26. The Bertz CT molecular complexity index is 1790. The SMILES string of the molecule is O=C(O)C1=CC(N(Cc2nc(C(=O)NCc3ccc(Oc4ccccc4)cc3)cs2)C(=O)c2ccc(C(F)(F)F)cc2)=CCC1O. The van der Waals surface area contributed by atoms with Crippen LogP contribution in [0.2, 0.25) is 0 Å². The lowest BCUT2D eigenvalue weighted by Gasteiger charge is -2.27. The molecule has 1 aliphatic carbocycles. The van der Waals surface area contributed by atoms with Gasteiger partial charge in [0.1, 0.15) is 22.2 Å². The summed E-state index contributed by atoms with van der Waals surface area (Å²) in [7, 11) is 0. The van der Waals surface area contributed by atoms with E-state index in [0.29, 0.717) is 16.5 Å². The van der Waals surface area contributed by atoms with Crippen LogP contribution in [-0.2, 0) is 24.1 Å². The highest BCUT2D eigenvalue weighted by atomic mass is 32.1. The fraction of sp³-hybridized carbons (Fsp3) is 0.152. The molecule has 1 aliphatic rings. The molecule has 0 saturated carbocycles. The number of thiazole rings is 1. The zero-order valence-electron chi connectivity index (χ0n) is 23.9. The molecule has 1 aromatic heterocycles. The number of carbonyl (C=O) groups excluding carboxylic acids is 2. The number of aliphatic carboxylic acids is 1. The van der Waals surface area contributed by atoms with Crippen LogP contribution >= 0.6 is 11.3 Å². The maximum atomic E-state index is 13.5. The molecule has 5 rings (SSSR count). The van der Waals surface area contributed by atoms with Crippen LogP contribution in [0.25, 0.3) is 0 Å². The van der Waals surface area contributed by atoms with Crippen LogP contribution < -0.4 is 10.1 Å². The third-order valence-corrected chi connectivity index (χ3v) is 7.74. The third kappa shape index (κ3) is 7.86. The van der Waals surface area contributed by atoms with Gasteiger partial charge in [0.25, 0.3) is 11.8 Å². The molecule has 0 radical (unpaired) electrons. The number of hydrogen-bond acceptors (Lipinski definition) is 7. The van der Waals surface area contributed by atoms with Crippen molar-refractivity contribution in [2.24, 2.45) is 0 Å². The minimum atomic E-state index is -4.60. The second-order valence-corrected chi connectivity index (χ2v) is 11.1. The summed E-state index contributed by atoms with van der Waals surface area (Å²) >= 11 is 1.08.